The van der Waals surface area contributed by atoms with E-state index in [1.165, 1.54) is 0 Å². The van der Waals surface area contributed by atoms with E-state index in [-0.39, 0.29) is 0 Å². The van der Waals surface area contributed by atoms with Crippen LogP contribution in [0.4, 0.5) is 11.4 Å². The van der Waals surface area contributed by atoms with Gasteiger partial charge in [0.25, 0.3) is 0 Å². The molecule has 0 aliphatic rings. The largest absolute Gasteiger partial charge is 0.398 e. The Balaban J connectivity index is 2.10. The Bertz CT molecular complexity index is 512. The summed E-state index contributed by atoms with van der Waals surface area (Å²) < 4.78 is 5.11. The summed E-state index contributed by atoms with van der Waals surface area (Å²) in [5.74, 6) is 0.857. The van der Waals surface area contributed by atoms with Crippen LogP contribution in [0.5, 0.6) is 0 Å². The van der Waals surface area contributed by atoms with E-state index in [1.54, 1.807) is 0 Å². The van der Waals surface area contributed by atoms with Gasteiger partial charge in [0.05, 0.1) is 5.69 Å². The molecule has 1 aromatic carbocycles. The molecule has 0 aliphatic carbocycles. The van der Waals surface area contributed by atoms with Gasteiger partial charge < -0.3 is 15.6 Å². The third kappa shape index (κ3) is 2.41. The Kier molecular flexibility index (Phi) is 3.04. The second-order valence-electron chi connectivity index (χ2n) is 4.23. The van der Waals surface area contributed by atoms with Crippen molar-refractivity contribution in [1.82, 2.24) is 5.16 Å². The van der Waals surface area contributed by atoms with E-state index in [9.17, 15) is 0 Å². The number of anilines is 2. The SMILES string of the molecule is Cc1ccc(NCc2c(C)noc2C)cc1N. The Hall–Kier alpha value is -1.97. The zero-order chi connectivity index (χ0) is 12.4. The minimum Gasteiger partial charge on any atom is -0.398 e. The molecule has 0 saturated carbocycles. The summed E-state index contributed by atoms with van der Waals surface area (Å²) in [7, 11) is 0. The van der Waals surface area contributed by atoms with Gasteiger partial charge in [0.1, 0.15) is 5.76 Å². The van der Waals surface area contributed by atoms with Crippen LogP contribution in [0.15, 0.2) is 22.7 Å². The Morgan fingerprint density at radius 1 is 1.29 bits per heavy atom. The van der Waals surface area contributed by atoms with E-state index < -0.39 is 0 Å². The second-order valence-corrected chi connectivity index (χ2v) is 4.23. The Morgan fingerprint density at radius 2 is 2.06 bits per heavy atom. The van der Waals surface area contributed by atoms with Crippen molar-refractivity contribution in [3.8, 4) is 0 Å². The van der Waals surface area contributed by atoms with Crippen molar-refractivity contribution in [1.29, 1.82) is 0 Å². The third-order valence-corrected chi connectivity index (χ3v) is 2.93. The number of nitrogens with zero attached hydrogens (tertiary/aromatic N) is 1. The average Bonchev–Trinajstić information content (AvgIpc) is 2.61. The number of aryl methyl sites for hydroxylation is 3. The maximum absolute atomic E-state index is 5.86. The zero-order valence-corrected chi connectivity index (χ0v) is 10.4. The highest BCUT2D eigenvalue weighted by molar-refractivity contribution is 5.58. The van der Waals surface area contributed by atoms with Crippen LogP contribution in [-0.2, 0) is 6.54 Å². The van der Waals surface area contributed by atoms with Crippen LogP contribution in [0, 0.1) is 20.8 Å². The maximum atomic E-state index is 5.86. The molecule has 0 aliphatic heterocycles. The summed E-state index contributed by atoms with van der Waals surface area (Å²) in [5, 5.41) is 7.24. The number of aromatic nitrogens is 1. The molecule has 3 N–H and O–H groups in total. The molecule has 0 atom stereocenters. The summed E-state index contributed by atoms with van der Waals surface area (Å²) in [6.45, 7) is 6.55. The normalized spacial score (nSPS) is 10.5. The fourth-order valence-electron chi connectivity index (χ4n) is 1.70. The number of hydrogen-bond donors (Lipinski definition) is 2. The summed E-state index contributed by atoms with van der Waals surface area (Å²) in [6, 6.07) is 5.96. The fourth-order valence-corrected chi connectivity index (χ4v) is 1.70. The third-order valence-electron chi connectivity index (χ3n) is 2.93. The first kappa shape index (κ1) is 11.5. The molecular weight excluding hydrogens is 214 g/mol. The highest BCUT2D eigenvalue weighted by Gasteiger charge is 2.08. The van der Waals surface area contributed by atoms with Crippen molar-refractivity contribution in [2.45, 2.75) is 27.3 Å². The van der Waals surface area contributed by atoms with Crippen LogP contribution in [-0.4, -0.2) is 5.16 Å². The molecule has 0 fully saturated rings. The first-order valence-corrected chi connectivity index (χ1v) is 5.59. The van der Waals surface area contributed by atoms with Crippen LogP contribution in [0.2, 0.25) is 0 Å². The van der Waals surface area contributed by atoms with Crippen LogP contribution >= 0.6 is 0 Å². The second kappa shape index (κ2) is 4.49. The molecule has 2 rings (SSSR count). The number of rotatable bonds is 3. The maximum Gasteiger partial charge on any atom is 0.138 e. The molecular formula is C13H17N3O. The van der Waals surface area contributed by atoms with Crippen LogP contribution in [0.1, 0.15) is 22.6 Å². The summed E-state index contributed by atoms with van der Waals surface area (Å²) >= 11 is 0. The van der Waals surface area contributed by atoms with Crippen molar-refractivity contribution in [2.75, 3.05) is 11.1 Å². The molecule has 2 aromatic rings. The standard InChI is InChI=1S/C13H17N3O/c1-8-4-5-11(6-13(8)14)15-7-12-9(2)16-17-10(12)3/h4-6,15H,7,14H2,1-3H3. The molecule has 0 amide bonds. The predicted molar refractivity (Wildman–Crippen MR) is 68.9 cm³/mol. The van der Waals surface area contributed by atoms with Crippen molar-refractivity contribution in [2.24, 2.45) is 0 Å². The lowest BCUT2D eigenvalue weighted by atomic mass is 10.1. The van der Waals surface area contributed by atoms with Crippen molar-refractivity contribution in [3.05, 3.63) is 40.8 Å². The van der Waals surface area contributed by atoms with Crippen molar-refractivity contribution >= 4 is 11.4 Å². The Morgan fingerprint density at radius 3 is 2.65 bits per heavy atom. The summed E-state index contributed by atoms with van der Waals surface area (Å²) in [4.78, 5) is 0. The van der Waals surface area contributed by atoms with Crippen LogP contribution in [0.25, 0.3) is 0 Å². The van der Waals surface area contributed by atoms with Crippen molar-refractivity contribution in [3.63, 3.8) is 0 Å². The first-order valence-electron chi connectivity index (χ1n) is 5.59. The van der Waals surface area contributed by atoms with Gasteiger partial charge in [-0.05, 0) is 38.5 Å². The number of benzene rings is 1. The van der Waals surface area contributed by atoms with Gasteiger partial charge in [0.2, 0.25) is 0 Å². The molecule has 0 spiro atoms. The molecule has 17 heavy (non-hydrogen) atoms. The Labute approximate surface area is 101 Å². The number of nitrogen functional groups attached to an aromatic ring is 1. The van der Waals surface area contributed by atoms with Gasteiger partial charge in [-0.3, -0.25) is 0 Å². The van der Waals surface area contributed by atoms with Gasteiger partial charge in [-0.1, -0.05) is 11.2 Å². The van der Waals surface area contributed by atoms with Crippen LogP contribution < -0.4 is 11.1 Å². The smallest absolute Gasteiger partial charge is 0.138 e. The number of nitrogens with two attached hydrogens (primary N) is 1. The van der Waals surface area contributed by atoms with Gasteiger partial charge >= 0.3 is 0 Å². The van der Waals surface area contributed by atoms with E-state index in [2.05, 4.69) is 10.5 Å². The molecule has 4 heteroatoms. The van der Waals surface area contributed by atoms with Crippen molar-refractivity contribution < 1.29 is 4.52 Å². The molecule has 4 nitrogen and oxygen atoms in total. The van der Waals surface area contributed by atoms with Gasteiger partial charge in [0, 0.05) is 23.5 Å². The first-order chi connectivity index (χ1) is 8.08. The average molecular weight is 231 g/mol. The van der Waals surface area contributed by atoms with E-state index in [0.717, 1.165) is 34.0 Å². The molecule has 1 heterocycles. The van der Waals surface area contributed by atoms with E-state index in [0.29, 0.717) is 6.54 Å². The highest BCUT2D eigenvalue weighted by Crippen LogP contribution is 2.19. The quantitative estimate of drug-likeness (QED) is 0.797. The topological polar surface area (TPSA) is 64.1 Å². The van der Waals surface area contributed by atoms with Gasteiger partial charge in [-0.15, -0.1) is 0 Å². The van der Waals surface area contributed by atoms with Crippen LogP contribution in [0.3, 0.4) is 0 Å². The minimum atomic E-state index is 0.698. The lowest BCUT2D eigenvalue weighted by Gasteiger charge is -2.08. The molecule has 0 radical (unpaired) electrons. The molecule has 0 unspecified atom stereocenters. The highest BCUT2D eigenvalue weighted by atomic mass is 16.5. The molecule has 90 valence electrons. The molecule has 0 saturated heterocycles. The number of hydrogen-bond acceptors (Lipinski definition) is 4. The fraction of sp³-hybridized carbons (Fsp3) is 0.308. The lowest BCUT2D eigenvalue weighted by Crippen LogP contribution is -2.02. The van der Waals surface area contributed by atoms with E-state index in [4.69, 9.17) is 10.3 Å². The van der Waals surface area contributed by atoms with Gasteiger partial charge in [-0.2, -0.15) is 0 Å². The number of nitrogens with one attached hydrogen (secondary N) is 1. The minimum absolute atomic E-state index is 0.698. The van der Waals surface area contributed by atoms with E-state index in [1.807, 2.05) is 39.0 Å². The summed E-state index contributed by atoms with van der Waals surface area (Å²) in [6.07, 6.45) is 0. The lowest BCUT2D eigenvalue weighted by molar-refractivity contribution is 0.392. The molecule has 0 bridgehead atoms. The summed E-state index contributed by atoms with van der Waals surface area (Å²) in [5.41, 5.74) is 10.8. The predicted octanol–water partition coefficient (Wildman–Crippen LogP) is 2.79. The van der Waals surface area contributed by atoms with E-state index >= 15 is 0 Å². The van der Waals surface area contributed by atoms with Gasteiger partial charge in [0.15, 0.2) is 0 Å². The zero-order valence-electron chi connectivity index (χ0n) is 10.4. The van der Waals surface area contributed by atoms with Gasteiger partial charge in [-0.25, -0.2) is 0 Å². The monoisotopic (exact) mass is 231 g/mol. The molecule has 1 aromatic heterocycles.